The number of hydrogen-bond donors (Lipinski definition) is 5. The summed E-state index contributed by atoms with van der Waals surface area (Å²) in [5, 5.41) is 40.0. The van der Waals surface area contributed by atoms with Gasteiger partial charge in [0, 0.05) is 0 Å². The molecule has 1 aliphatic rings. The lowest BCUT2D eigenvalue weighted by Crippen LogP contribution is -2.33. The maximum Gasteiger partial charge on any atom is 0.247 e. The fraction of sp³-hybridized carbons (Fsp3) is 0.421. The number of nitrogen functional groups attached to an aromatic ring is 1. The van der Waals surface area contributed by atoms with Crippen molar-refractivity contribution in [2.75, 3.05) is 18.9 Å². The van der Waals surface area contributed by atoms with E-state index in [0.717, 1.165) is 5.56 Å². The summed E-state index contributed by atoms with van der Waals surface area (Å²) in [5.74, 6) is -0.0371. The van der Waals surface area contributed by atoms with Gasteiger partial charge >= 0.3 is 0 Å². The third-order valence-electron chi connectivity index (χ3n) is 5.04. The standard InChI is InChI=1S/C19H23N5O6/c1-9-2-4-10(5-3-9)11(26)7-29-17-13-16(22-19(20)23-17)24(8-21-13)18-15(28)14(27)12(6-25)30-18/h2-5,8,11-12,14-15,18,25-28H,6-7H2,1H3,(H2,20,22,23)/t11-,12+,14+,15+,18+/m0/s1. The van der Waals surface area contributed by atoms with E-state index in [9.17, 15) is 20.4 Å². The number of nitrogens with two attached hydrogens (primary N) is 1. The minimum atomic E-state index is -1.30. The van der Waals surface area contributed by atoms with E-state index in [1.165, 1.54) is 10.9 Å². The number of aryl methyl sites for hydroxylation is 1. The lowest BCUT2D eigenvalue weighted by atomic mass is 10.1. The molecule has 4 rings (SSSR count). The van der Waals surface area contributed by atoms with Crippen LogP contribution in [0.2, 0.25) is 0 Å². The molecule has 2 aromatic heterocycles. The molecule has 5 atom stereocenters. The van der Waals surface area contributed by atoms with E-state index in [1.54, 1.807) is 0 Å². The van der Waals surface area contributed by atoms with E-state index in [4.69, 9.17) is 15.2 Å². The van der Waals surface area contributed by atoms with Gasteiger partial charge in [-0.15, -0.1) is 0 Å². The summed E-state index contributed by atoms with van der Waals surface area (Å²) in [5.41, 5.74) is 8.04. The Morgan fingerprint density at radius 2 is 1.93 bits per heavy atom. The monoisotopic (exact) mass is 417 g/mol. The molecule has 0 spiro atoms. The van der Waals surface area contributed by atoms with Gasteiger partial charge in [0.1, 0.15) is 31.0 Å². The van der Waals surface area contributed by atoms with Gasteiger partial charge in [-0.2, -0.15) is 9.97 Å². The number of anilines is 1. The molecule has 3 heterocycles. The summed E-state index contributed by atoms with van der Waals surface area (Å²) >= 11 is 0. The predicted octanol–water partition coefficient (Wildman–Crippen LogP) is -0.559. The summed E-state index contributed by atoms with van der Waals surface area (Å²) in [7, 11) is 0. The average Bonchev–Trinajstić information content (AvgIpc) is 3.27. The smallest absolute Gasteiger partial charge is 0.247 e. The van der Waals surface area contributed by atoms with Crippen LogP contribution in [0.15, 0.2) is 30.6 Å². The molecule has 1 fully saturated rings. The van der Waals surface area contributed by atoms with Crippen molar-refractivity contribution in [2.24, 2.45) is 0 Å². The van der Waals surface area contributed by atoms with Crippen LogP contribution in [0.1, 0.15) is 23.5 Å². The Hall–Kier alpha value is -2.83. The first-order valence-electron chi connectivity index (χ1n) is 9.39. The Bertz CT molecular complexity index is 1030. The second kappa shape index (κ2) is 8.13. The number of aromatic nitrogens is 4. The molecule has 3 aromatic rings. The molecule has 0 saturated carbocycles. The van der Waals surface area contributed by atoms with Crippen molar-refractivity contribution in [3.05, 3.63) is 41.7 Å². The van der Waals surface area contributed by atoms with Crippen LogP contribution in [0.4, 0.5) is 5.95 Å². The molecule has 160 valence electrons. The molecule has 1 aromatic carbocycles. The Balaban J connectivity index is 1.59. The molecule has 0 bridgehead atoms. The first-order chi connectivity index (χ1) is 14.4. The highest BCUT2D eigenvalue weighted by atomic mass is 16.6. The summed E-state index contributed by atoms with van der Waals surface area (Å²) in [6.45, 7) is 1.41. The van der Waals surface area contributed by atoms with E-state index in [2.05, 4.69) is 15.0 Å². The van der Waals surface area contributed by atoms with Gasteiger partial charge in [-0.3, -0.25) is 4.57 Å². The van der Waals surface area contributed by atoms with Gasteiger partial charge < -0.3 is 35.6 Å². The van der Waals surface area contributed by atoms with Crippen molar-refractivity contribution in [3.63, 3.8) is 0 Å². The number of rotatable bonds is 6. The van der Waals surface area contributed by atoms with Crippen molar-refractivity contribution in [3.8, 4) is 5.88 Å². The zero-order valence-electron chi connectivity index (χ0n) is 16.2. The second-order valence-corrected chi connectivity index (χ2v) is 7.18. The Morgan fingerprint density at radius 3 is 2.60 bits per heavy atom. The van der Waals surface area contributed by atoms with Gasteiger partial charge in [0.05, 0.1) is 12.9 Å². The number of nitrogens with zero attached hydrogens (tertiary/aromatic N) is 4. The normalized spacial score (nSPS) is 25.0. The minimum absolute atomic E-state index is 0.0640. The Morgan fingerprint density at radius 1 is 1.20 bits per heavy atom. The van der Waals surface area contributed by atoms with E-state index >= 15 is 0 Å². The Kier molecular flexibility index (Phi) is 5.54. The molecule has 30 heavy (non-hydrogen) atoms. The number of hydrogen-bond acceptors (Lipinski definition) is 10. The van der Waals surface area contributed by atoms with Crippen LogP contribution in [0.3, 0.4) is 0 Å². The molecule has 0 aliphatic carbocycles. The van der Waals surface area contributed by atoms with Gasteiger partial charge in [-0.25, -0.2) is 4.98 Å². The number of benzene rings is 1. The van der Waals surface area contributed by atoms with Crippen molar-refractivity contribution in [2.45, 2.75) is 37.6 Å². The lowest BCUT2D eigenvalue weighted by Gasteiger charge is -2.17. The molecule has 0 radical (unpaired) electrons. The Labute approximate surface area is 171 Å². The van der Waals surface area contributed by atoms with E-state index in [1.807, 2.05) is 31.2 Å². The van der Waals surface area contributed by atoms with Crippen LogP contribution in [-0.4, -0.2) is 71.5 Å². The molecule has 1 saturated heterocycles. The highest BCUT2D eigenvalue weighted by Crippen LogP contribution is 2.33. The largest absolute Gasteiger partial charge is 0.473 e. The van der Waals surface area contributed by atoms with Crippen molar-refractivity contribution < 1.29 is 29.9 Å². The van der Waals surface area contributed by atoms with Crippen LogP contribution >= 0.6 is 0 Å². The highest BCUT2D eigenvalue weighted by Gasteiger charge is 2.44. The third kappa shape index (κ3) is 3.68. The van der Waals surface area contributed by atoms with Crippen LogP contribution < -0.4 is 10.5 Å². The van der Waals surface area contributed by atoms with Crippen LogP contribution in [0, 0.1) is 6.92 Å². The van der Waals surface area contributed by atoms with Gasteiger partial charge in [0.25, 0.3) is 0 Å². The maximum absolute atomic E-state index is 10.4. The predicted molar refractivity (Wildman–Crippen MR) is 104 cm³/mol. The second-order valence-electron chi connectivity index (χ2n) is 7.18. The molecule has 0 amide bonds. The summed E-state index contributed by atoms with van der Waals surface area (Å²) in [6, 6.07) is 7.40. The molecule has 11 heteroatoms. The molecular formula is C19H23N5O6. The average molecular weight is 417 g/mol. The quantitative estimate of drug-likeness (QED) is 0.350. The number of aliphatic hydroxyl groups is 4. The molecule has 11 nitrogen and oxygen atoms in total. The third-order valence-corrected chi connectivity index (χ3v) is 5.04. The first kappa shape index (κ1) is 20.4. The SMILES string of the molecule is Cc1ccc([C@@H](O)COc2nc(N)nc3c2ncn3[C@@H]2O[C@H](CO)[C@@H](O)[C@H]2O)cc1. The number of fused-ring (bicyclic) bond motifs is 1. The van der Waals surface area contributed by atoms with Gasteiger partial charge in [-0.1, -0.05) is 29.8 Å². The number of aliphatic hydroxyl groups excluding tert-OH is 4. The number of imidazole rings is 1. The molecular weight excluding hydrogens is 394 g/mol. The summed E-state index contributed by atoms with van der Waals surface area (Å²) in [6.07, 6.45) is -4.08. The zero-order chi connectivity index (χ0) is 21.4. The maximum atomic E-state index is 10.4. The lowest BCUT2D eigenvalue weighted by molar-refractivity contribution is -0.0511. The van der Waals surface area contributed by atoms with E-state index in [0.29, 0.717) is 5.56 Å². The molecule has 6 N–H and O–H groups in total. The van der Waals surface area contributed by atoms with Crippen molar-refractivity contribution in [1.82, 2.24) is 19.5 Å². The van der Waals surface area contributed by atoms with Crippen LogP contribution in [-0.2, 0) is 4.74 Å². The van der Waals surface area contributed by atoms with Gasteiger partial charge in [-0.05, 0) is 12.5 Å². The van der Waals surface area contributed by atoms with Crippen LogP contribution in [0.5, 0.6) is 5.88 Å². The first-order valence-corrected chi connectivity index (χ1v) is 9.39. The van der Waals surface area contributed by atoms with E-state index < -0.39 is 37.3 Å². The summed E-state index contributed by atoms with van der Waals surface area (Å²) < 4.78 is 12.6. The minimum Gasteiger partial charge on any atom is -0.473 e. The molecule has 0 unspecified atom stereocenters. The zero-order valence-corrected chi connectivity index (χ0v) is 16.2. The van der Waals surface area contributed by atoms with Crippen molar-refractivity contribution >= 4 is 17.1 Å². The molecule has 1 aliphatic heterocycles. The van der Waals surface area contributed by atoms with Crippen molar-refractivity contribution in [1.29, 1.82) is 0 Å². The fourth-order valence-electron chi connectivity index (χ4n) is 3.35. The fourth-order valence-corrected chi connectivity index (χ4v) is 3.35. The number of ether oxygens (including phenoxy) is 2. The van der Waals surface area contributed by atoms with E-state index in [-0.39, 0.29) is 29.6 Å². The summed E-state index contributed by atoms with van der Waals surface area (Å²) in [4.78, 5) is 12.4. The topological polar surface area (TPSA) is 169 Å². The van der Waals surface area contributed by atoms with Gasteiger partial charge in [0.15, 0.2) is 17.4 Å². The van der Waals surface area contributed by atoms with Gasteiger partial charge in [0.2, 0.25) is 11.8 Å². The van der Waals surface area contributed by atoms with Crippen LogP contribution in [0.25, 0.3) is 11.2 Å². The highest BCUT2D eigenvalue weighted by molar-refractivity contribution is 5.77.